The van der Waals surface area contributed by atoms with E-state index >= 15 is 0 Å². The number of rotatable bonds is 4. The molecule has 14 heavy (non-hydrogen) atoms. The Hall–Kier alpha value is -0.620. The number of sulfone groups is 1. The number of amides is 1. The highest BCUT2D eigenvalue weighted by Gasteiger charge is 2.29. The molecule has 1 aliphatic rings. The number of likely N-dealkylation sites (tertiary alicyclic amines) is 1. The number of nitrogens with zero attached hydrogens (tertiary/aromatic N) is 1. The average Bonchev–Trinajstić information content (AvgIpc) is 2.46. The number of primary amides is 1. The molecule has 2 N–H and O–H groups in total. The van der Waals surface area contributed by atoms with E-state index in [0.29, 0.717) is 13.1 Å². The minimum absolute atomic E-state index is 0.0740. The predicted molar refractivity (Wildman–Crippen MR) is 53.2 cm³/mol. The molecule has 81 valence electrons. The van der Waals surface area contributed by atoms with Gasteiger partial charge in [-0.05, 0) is 19.4 Å². The zero-order valence-corrected chi connectivity index (χ0v) is 8.96. The Labute approximate surface area is 84.2 Å². The summed E-state index contributed by atoms with van der Waals surface area (Å²) in [7, 11) is -2.97. The first-order valence-corrected chi connectivity index (χ1v) is 6.50. The van der Waals surface area contributed by atoms with Crippen molar-refractivity contribution >= 4 is 15.7 Å². The lowest BCUT2D eigenvalue weighted by molar-refractivity contribution is -0.121. The molecular weight excluding hydrogens is 204 g/mol. The van der Waals surface area contributed by atoms with Gasteiger partial charge in [0.1, 0.15) is 9.84 Å². The summed E-state index contributed by atoms with van der Waals surface area (Å²) in [5.74, 6) is -0.332. The smallest absolute Gasteiger partial charge is 0.235 e. The van der Waals surface area contributed by atoms with Gasteiger partial charge in [-0.1, -0.05) is 0 Å². The van der Waals surface area contributed by atoms with Crippen molar-refractivity contribution in [1.29, 1.82) is 0 Å². The van der Waals surface area contributed by atoms with Crippen LogP contribution in [0.3, 0.4) is 0 Å². The third kappa shape index (κ3) is 3.26. The third-order valence-corrected chi connectivity index (χ3v) is 3.16. The molecule has 1 amide bonds. The first kappa shape index (κ1) is 11.5. The Morgan fingerprint density at radius 2 is 2.29 bits per heavy atom. The van der Waals surface area contributed by atoms with E-state index in [1.165, 1.54) is 6.26 Å². The molecule has 1 saturated heterocycles. The summed E-state index contributed by atoms with van der Waals surface area (Å²) >= 11 is 0. The molecule has 1 rings (SSSR count). The molecule has 0 aliphatic carbocycles. The Kier molecular flexibility index (Phi) is 3.49. The van der Waals surface area contributed by atoms with Crippen LogP contribution in [0.5, 0.6) is 0 Å². The maximum atomic E-state index is 10.9. The molecule has 1 fully saturated rings. The number of carbonyl (C=O) groups excluding carboxylic acids is 1. The Bertz CT molecular complexity index is 313. The predicted octanol–water partition coefficient (Wildman–Crippen LogP) is -1.21. The van der Waals surface area contributed by atoms with Gasteiger partial charge in [0.25, 0.3) is 0 Å². The first-order chi connectivity index (χ1) is 6.40. The van der Waals surface area contributed by atoms with E-state index in [1.54, 1.807) is 4.90 Å². The number of hydrogen-bond acceptors (Lipinski definition) is 4. The normalized spacial score (nSPS) is 23.9. The van der Waals surface area contributed by atoms with Crippen LogP contribution in [0.25, 0.3) is 0 Å². The summed E-state index contributed by atoms with van der Waals surface area (Å²) in [5, 5.41) is 0. The Morgan fingerprint density at radius 1 is 1.64 bits per heavy atom. The van der Waals surface area contributed by atoms with Gasteiger partial charge in [0.2, 0.25) is 5.91 Å². The van der Waals surface area contributed by atoms with Crippen LogP contribution in [0.15, 0.2) is 0 Å². The number of carbonyl (C=O) groups is 1. The molecule has 6 heteroatoms. The van der Waals surface area contributed by atoms with Gasteiger partial charge in [-0.25, -0.2) is 8.42 Å². The minimum Gasteiger partial charge on any atom is -0.368 e. The van der Waals surface area contributed by atoms with Crippen LogP contribution >= 0.6 is 0 Å². The highest BCUT2D eigenvalue weighted by atomic mass is 32.2. The van der Waals surface area contributed by atoms with Gasteiger partial charge in [0.15, 0.2) is 0 Å². The van der Waals surface area contributed by atoms with E-state index in [1.807, 2.05) is 6.42 Å². The summed E-state index contributed by atoms with van der Waals surface area (Å²) in [6.45, 7) is 1.09. The highest BCUT2D eigenvalue weighted by molar-refractivity contribution is 7.90. The molecule has 1 heterocycles. The summed E-state index contributed by atoms with van der Waals surface area (Å²) in [4.78, 5) is 12.7. The van der Waals surface area contributed by atoms with Gasteiger partial charge >= 0.3 is 0 Å². The van der Waals surface area contributed by atoms with Gasteiger partial charge in [-0.15, -0.1) is 0 Å². The standard InChI is InChI=1S/C8H15N2O3S/c1-14(12,13)6-5-10-4-2-3-7(10)8(9)11/h3,7H,2,4-6H2,1H3,(H2,9,11)/t7-/m0/s1. The summed E-state index contributed by atoms with van der Waals surface area (Å²) < 4.78 is 21.8. The molecule has 0 aromatic heterocycles. The fraction of sp³-hybridized carbons (Fsp3) is 0.750. The molecule has 1 radical (unpaired) electrons. The minimum atomic E-state index is -2.97. The maximum absolute atomic E-state index is 10.9. The van der Waals surface area contributed by atoms with E-state index in [2.05, 4.69) is 0 Å². The maximum Gasteiger partial charge on any atom is 0.235 e. The first-order valence-electron chi connectivity index (χ1n) is 4.44. The lowest BCUT2D eigenvalue weighted by Crippen LogP contribution is -2.42. The van der Waals surface area contributed by atoms with Gasteiger partial charge in [-0.3, -0.25) is 9.69 Å². The van der Waals surface area contributed by atoms with Crippen molar-refractivity contribution in [3.8, 4) is 0 Å². The van der Waals surface area contributed by atoms with Crippen LogP contribution in [-0.4, -0.2) is 50.4 Å². The van der Waals surface area contributed by atoms with E-state index in [9.17, 15) is 13.2 Å². The van der Waals surface area contributed by atoms with Crippen molar-refractivity contribution in [3.63, 3.8) is 0 Å². The van der Waals surface area contributed by atoms with Crippen molar-refractivity contribution in [1.82, 2.24) is 4.90 Å². The summed E-state index contributed by atoms with van der Waals surface area (Å²) in [5.41, 5.74) is 5.17. The van der Waals surface area contributed by atoms with Crippen LogP contribution < -0.4 is 5.73 Å². The molecule has 0 bridgehead atoms. The largest absolute Gasteiger partial charge is 0.368 e. The van der Waals surface area contributed by atoms with Crippen LogP contribution in [0.4, 0.5) is 0 Å². The van der Waals surface area contributed by atoms with Crippen molar-refractivity contribution in [2.24, 2.45) is 5.73 Å². The lowest BCUT2D eigenvalue weighted by atomic mass is 10.2. The molecule has 0 unspecified atom stereocenters. The second kappa shape index (κ2) is 4.27. The van der Waals surface area contributed by atoms with Gasteiger partial charge < -0.3 is 5.73 Å². The molecular formula is C8H15N2O3S. The lowest BCUT2D eigenvalue weighted by Gasteiger charge is -2.20. The molecule has 0 saturated carbocycles. The van der Waals surface area contributed by atoms with Crippen LogP contribution in [0, 0.1) is 6.42 Å². The van der Waals surface area contributed by atoms with Gasteiger partial charge in [0.05, 0.1) is 11.8 Å². The van der Waals surface area contributed by atoms with Crippen molar-refractivity contribution < 1.29 is 13.2 Å². The molecule has 0 aromatic rings. The van der Waals surface area contributed by atoms with E-state index in [0.717, 1.165) is 6.42 Å². The molecule has 1 aliphatic heterocycles. The second-order valence-electron chi connectivity index (χ2n) is 3.54. The summed E-state index contributed by atoms with van der Waals surface area (Å²) in [6.07, 6.45) is 3.80. The zero-order chi connectivity index (χ0) is 10.8. The van der Waals surface area contributed by atoms with Crippen LogP contribution in [0.1, 0.15) is 6.42 Å². The molecule has 0 spiro atoms. The van der Waals surface area contributed by atoms with Gasteiger partial charge in [-0.2, -0.15) is 0 Å². The van der Waals surface area contributed by atoms with Crippen molar-refractivity contribution in [3.05, 3.63) is 6.42 Å². The van der Waals surface area contributed by atoms with Crippen LogP contribution in [-0.2, 0) is 14.6 Å². The number of hydrogen-bond donors (Lipinski definition) is 1. The monoisotopic (exact) mass is 219 g/mol. The third-order valence-electron chi connectivity index (χ3n) is 2.24. The van der Waals surface area contributed by atoms with E-state index in [-0.39, 0.29) is 5.75 Å². The SMILES string of the molecule is CS(=O)(=O)CCN1CC[CH][C@H]1C(N)=O. The average molecular weight is 219 g/mol. The highest BCUT2D eigenvalue weighted by Crippen LogP contribution is 2.15. The summed E-state index contributed by atoms with van der Waals surface area (Å²) in [6, 6.07) is -0.392. The Morgan fingerprint density at radius 3 is 2.79 bits per heavy atom. The van der Waals surface area contributed by atoms with Crippen molar-refractivity contribution in [2.75, 3.05) is 25.1 Å². The Balaban J connectivity index is 2.48. The van der Waals surface area contributed by atoms with Crippen molar-refractivity contribution in [2.45, 2.75) is 12.5 Å². The molecule has 5 nitrogen and oxygen atoms in total. The topological polar surface area (TPSA) is 80.5 Å². The molecule has 1 atom stereocenters. The fourth-order valence-electron chi connectivity index (χ4n) is 1.52. The van der Waals surface area contributed by atoms with Gasteiger partial charge in [0, 0.05) is 12.8 Å². The quantitative estimate of drug-likeness (QED) is 0.643. The fourth-order valence-corrected chi connectivity index (χ4v) is 2.08. The molecule has 0 aromatic carbocycles. The zero-order valence-electron chi connectivity index (χ0n) is 8.14. The second-order valence-corrected chi connectivity index (χ2v) is 5.80. The number of nitrogens with two attached hydrogens (primary N) is 1. The van der Waals surface area contributed by atoms with E-state index in [4.69, 9.17) is 5.73 Å². The van der Waals surface area contributed by atoms with Crippen LogP contribution in [0.2, 0.25) is 0 Å². The van der Waals surface area contributed by atoms with E-state index < -0.39 is 21.8 Å².